The van der Waals surface area contributed by atoms with Crippen molar-refractivity contribution < 1.29 is 9.15 Å². The molecule has 6 aromatic rings. The number of rotatable bonds is 4. The normalized spacial score (nSPS) is 15.2. The van der Waals surface area contributed by atoms with Crippen molar-refractivity contribution in [2.75, 3.05) is 0 Å². The molecule has 7 rings (SSSR count). The van der Waals surface area contributed by atoms with Crippen LogP contribution in [0.2, 0.25) is 0 Å². The Morgan fingerprint density at radius 3 is 2.00 bits per heavy atom. The van der Waals surface area contributed by atoms with E-state index in [1.165, 1.54) is 27.5 Å². The Morgan fingerprint density at radius 2 is 1.19 bits per heavy atom. The Hall–Kier alpha value is -4.56. The highest BCUT2D eigenvalue weighted by Crippen LogP contribution is 2.37. The number of hydrogen-bond acceptors (Lipinski definition) is 2. The lowest BCUT2D eigenvalue weighted by Gasteiger charge is -2.14. The Morgan fingerprint density at radius 1 is 0.528 bits per heavy atom. The summed E-state index contributed by atoms with van der Waals surface area (Å²) >= 11 is 0. The molecule has 0 radical (unpaired) electrons. The summed E-state index contributed by atoms with van der Waals surface area (Å²) in [6.45, 7) is 0. The van der Waals surface area contributed by atoms with Crippen molar-refractivity contribution in [3.63, 3.8) is 0 Å². The molecule has 1 aliphatic heterocycles. The van der Waals surface area contributed by atoms with Crippen LogP contribution in [0.15, 0.2) is 132 Å². The zero-order valence-corrected chi connectivity index (χ0v) is 19.7. The first kappa shape index (κ1) is 20.8. The molecule has 0 N–H and O–H groups in total. The van der Waals surface area contributed by atoms with Crippen LogP contribution in [0.4, 0.5) is 0 Å². The van der Waals surface area contributed by atoms with Gasteiger partial charge in [0.05, 0.1) is 0 Å². The molecule has 1 aliphatic rings. The monoisotopic (exact) mass is 464 g/mol. The van der Waals surface area contributed by atoms with Crippen LogP contribution in [0, 0.1) is 0 Å². The van der Waals surface area contributed by atoms with Crippen molar-refractivity contribution in [2.24, 2.45) is 0 Å². The van der Waals surface area contributed by atoms with Crippen molar-refractivity contribution in [1.29, 1.82) is 0 Å². The van der Waals surface area contributed by atoms with Gasteiger partial charge >= 0.3 is 0 Å². The minimum atomic E-state index is 0.0323. The summed E-state index contributed by atoms with van der Waals surface area (Å²) in [4.78, 5) is 0. The predicted molar refractivity (Wildman–Crippen MR) is 147 cm³/mol. The maximum absolute atomic E-state index is 6.37. The lowest BCUT2D eigenvalue weighted by Crippen LogP contribution is -1.97. The predicted octanol–water partition coefficient (Wildman–Crippen LogP) is 9.42. The number of benzene rings is 5. The summed E-state index contributed by atoms with van der Waals surface area (Å²) in [5.74, 6) is 1.84. The van der Waals surface area contributed by atoms with Crippen molar-refractivity contribution in [3.8, 4) is 22.5 Å². The van der Waals surface area contributed by atoms with Crippen LogP contribution in [0.1, 0.15) is 23.7 Å². The number of furan rings is 1. The van der Waals surface area contributed by atoms with Gasteiger partial charge in [-0.3, -0.25) is 0 Å². The van der Waals surface area contributed by atoms with Gasteiger partial charge in [0.25, 0.3) is 0 Å². The number of para-hydroxylation sites is 1. The molecule has 0 bridgehead atoms. The Kier molecular flexibility index (Phi) is 4.96. The van der Waals surface area contributed by atoms with E-state index in [0.29, 0.717) is 0 Å². The zero-order valence-electron chi connectivity index (χ0n) is 19.7. The van der Waals surface area contributed by atoms with Crippen molar-refractivity contribution >= 4 is 27.5 Å². The van der Waals surface area contributed by atoms with E-state index in [4.69, 9.17) is 9.15 Å². The van der Waals surface area contributed by atoms with Gasteiger partial charge in [-0.05, 0) is 51.7 Å². The molecule has 2 heteroatoms. The highest BCUT2D eigenvalue weighted by atomic mass is 16.5. The summed E-state index contributed by atoms with van der Waals surface area (Å²) in [6.07, 6.45) is 3.10. The van der Waals surface area contributed by atoms with E-state index in [2.05, 4.69) is 109 Å². The molecular formula is C34H24O2. The third kappa shape index (κ3) is 3.77. The lowest BCUT2D eigenvalue weighted by atomic mass is 10.00. The van der Waals surface area contributed by atoms with Crippen LogP contribution < -0.4 is 0 Å². The minimum Gasteiger partial charge on any atom is -0.485 e. The van der Waals surface area contributed by atoms with Gasteiger partial charge in [-0.2, -0.15) is 0 Å². The van der Waals surface area contributed by atoms with Crippen LogP contribution >= 0.6 is 0 Å². The first-order valence-electron chi connectivity index (χ1n) is 12.4. The average molecular weight is 465 g/mol. The molecule has 172 valence electrons. The van der Waals surface area contributed by atoms with Crippen molar-refractivity contribution in [1.82, 2.24) is 0 Å². The highest BCUT2D eigenvalue weighted by Gasteiger charge is 2.21. The molecule has 5 aromatic carbocycles. The third-order valence-corrected chi connectivity index (χ3v) is 7.03. The fraction of sp³-hybridized carbons (Fsp3) is 0.0588. The molecule has 0 fully saturated rings. The smallest absolute Gasteiger partial charge is 0.135 e. The average Bonchev–Trinajstić information content (AvgIpc) is 3.61. The summed E-state index contributed by atoms with van der Waals surface area (Å²) in [5.41, 5.74) is 6.71. The van der Waals surface area contributed by atoms with Gasteiger partial charge in [-0.15, -0.1) is 0 Å². The van der Waals surface area contributed by atoms with Gasteiger partial charge in [-0.25, -0.2) is 0 Å². The topological polar surface area (TPSA) is 22.4 Å². The van der Waals surface area contributed by atoms with Crippen molar-refractivity contribution in [3.05, 3.63) is 139 Å². The number of ether oxygens (including phenoxy) is 1. The first-order valence-corrected chi connectivity index (χ1v) is 12.4. The molecule has 0 saturated heterocycles. The molecular weight excluding hydrogens is 440 g/mol. The van der Waals surface area contributed by atoms with E-state index in [-0.39, 0.29) is 6.10 Å². The van der Waals surface area contributed by atoms with Crippen LogP contribution in [0.5, 0.6) is 0 Å². The molecule has 0 aliphatic carbocycles. The summed E-state index contributed by atoms with van der Waals surface area (Å²) in [6, 6.07) is 42.5. The van der Waals surface area contributed by atoms with Gasteiger partial charge < -0.3 is 9.15 Å². The van der Waals surface area contributed by atoms with E-state index >= 15 is 0 Å². The number of fused-ring (bicyclic) bond motifs is 2. The standard InChI is InChI=1S/C34H24O2/c1-2-6-28-21-29(18-11-23(28)5-1)24-9-12-25(13-10-24)32-19-20-33(35-32)26-14-16-27(17-15-26)34-22-30-7-3-4-8-31(30)36-34/h1-19,21-22,33H,20H2. The molecule has 1 atom stereocenters. The van der Waals surface area contributed by atoms with E-state index < -0.39 is 0 Å². The molecule has 2 nitrogen and oxygen atoms in total. The SMILES string of the molecule is C1=C(c2ccc(-c3ccc4ccccc4c3)cc2)OC(c2ccc(-c3cc4ccccc4o3)cc2)C1. The molecule has 1 aromatic heterocycles. The molecule has 0 amide bonds. The molecule has 0 spiro atoms. The molecule has 2 heterocycles. The van der Waals surface area contributed by atoms with Gasteiger partial charge in [0.15, 0.2) is 0 Å². The maximum atomic E-state index is 6.37. The van der Waals surface area contributed by atoms with Crippen LogP contribution in [0.25, 0.3) is 50.0 Å². The van der Waals surface area contributed by atoms with Crippen LogP contribution in [-0.2, 0) is 4.74 Å². The van der Waals surface area contributed by atoms with Gasteiger partial charge in [0, 0.05) is 22.9 Å². The summed E-state index contributed by atoms with van der Waals surface area (Å²) < 4.78 is 12.4. The van der Waals surface area contributed by atoms with Gasteiger partial charge in [0.1, 0.15) is 23.2 Å². The summed E-state index contributed by atoms with van der Waals surface area (Å²) in [7, 11) is 0. The molecule has 1 unspecified atom stereocenters. The summed E-state index contributed by atoms with van der Waals surface area (Å²) in [5, 5.41) is 3.64. The van der Waals surface area contributed by atoms with E-state index in [1.807, 2.05) is 18.2 Å². The van der Waals surface area contributed by atoms with Crippen LogP contribution in [0.3, 0.4) is 0 Å². The van der Waals surface area contributed by atoms with Gasteiger partial charge in [-0.1, -0.05) is 103 Å². The highest BCUT2D eigenvalue weighted by molar-refractivity contribution is 5.87. The quantitative estimate of drug-likeness (QED) is 0.259. The Bertz CT molecular complexity index is 1690. The maximum Gasteiger partial charge on any atom is 0.135 e. The minimum absolute atomic E-state index is 0.0323. The van der Waals surface area contributed by atoms with E-state index in [1.54, 1.807) is 0 Å². The molecule has 0 saturated carbocycles. The Balaban J connectivity index is 1.06. The first-order chi connectivity index (χ1) is 17.8. The molecule has 36 heavy (non-hydrogen) atoms. The fourth-order valence-corrected chi connectivity index (χ4v) is 5.04. The third-order valence-electron chi connectivity index (χ3n) is 7.03. The Labute approximate surface area is 210 Å². The second-order valence-electron chi connectivity index (χ2n) is 9.32. The van der Waals surface area contributed by atoms with Gasteiger partial charge in [0.2, 0.25) is 0 Å². The second-order valence-corrected chi connectivity index (χ2v) is 9.32. The zero-order chi connectivity index (χ0) is 23.9. The fourth-order valence-electron chi connectivity index (χ4n) is 5.04. The van der Waals surface area contributed by atoms with Crippen molar-refractivity contribution in [2.45, 2.75) is 12.5 Å². The second kappa shape index (κ2) is 8.58. The number of hydrogen-bond donors (Lipinski definition) is 0. The lowest BCUT2D eigenvalue weighted by molar-refractivity contribution is 0.194. The van der Waals surface area contributed by atoms with Crippen LogP contribution in [-0.4, -0.2) is 0 Å². The van der Waals surface area contributed by atoms with E-state index in [0.717, 1.165) is 40.0 Å². The van der Waals surface area contributed by atoms with E-state index in [9.17, 15) is 0 Å². The largest absolute Gasteiger partial charge is 0.485 e.